The lowest BCUT2D eigenvalue weighted by molar-refractivity contribution is -0.146. The van der Waals surface area contributed by atoms with Crippen LogP contribution in [0.5, 0.6) is 5.75 Å². The van der Waals surface area contributed by atoms with Crippen molar-refractivity contribution >= 4 is 24.8 Å². The van der Waals surface area contributed by atoms with E-state index in [1.54, 1.807) is 18.2 Å². The molecule has 3 atom stereocenters. The molecule has 5 rings (SSSR count). The standard InChI is InChI=1S/C25H29F3N6O.2ClH/c26-25(27,28)24-31-32-33-34(24)19-10-11-22(35-20-8-4-5-9-20)18(14-19)12-16-13-21(29)23(30-15-16)17-6-2-1-3-7-17;;/h1-3,6-7,10-11,14,16,20-21,23,30H,4-5,8-9,12-13,15,29H2;2*1H/t16?,21-,23-;;/m0../s1. The Morgan fingerprint density at radius 3 is 2.46 bits per heavy atom. The Labute approximate surface area is 226 Å². The second kappa shape index (κ2) is 12.4. The smallest absolute Gasteiger partial charge is 0.453 e. The van der Waals surface area contributed by atoms with Gasteiger partial charge in [-0.25, -0.2) is 0 Å². The van der Waals surface area contributed by atoms with Crippen LogP contribution in [-0.2, 0) is 12.6 Å². The van der Waals surface area contributed by atoms with Gasteiger partial charge in [-0.15, -0.1) is 29.9 Å². The molecule has 0 radical (unpaired) electrons. The predicted molar refractivity (Wildman–Crippen MR) is 139 cm³/mol. The Balaban J connectivity index is 0.00000190. The van der Waals surface area contributed by atoms with Crippen LogP contribution < -0.4 is 15.8 Å². The molecule has 37 heavy (non-hydrogen) atoms. The van der Waals surface area contributed by atoms with Gasteiger partial charge in [-0.1, -0.05) is 30.3 Å². The van der Waals surface area contributed by atoms with Gasteiger partial charge >= 0.3 is 6.18 Å². The van der Waals surface area contributed by atoms with Gasteiger partial charge < -0.3 is 15.8 Å². The lowest BCUT2D eigenvalue weighted by Gasteiger charge is -2.36. The summed E-state index contributed by atoms with van der Waals surface area (Å²) >= 11 is 0. The number of hydrogen-bond donors (Lipinski definition) is 2. The average molecular weight is 559 g/mol. The maximum Gasteiger partial charge on any atom is 0.453 e. The molecule has 1 saturated heterocycles. The van der Waals surface area contributed by atoms with Crippen LogP contribution in [0.15, 0.2) is 48.5 Å². The van der Waals surface area contributed by atoms with Crippen LogP contribution in [0.2, 0.25) is 0 Å². The number of nitrogens with one attached hydrogen (secondary N) is 1. The van der Waals surface area contributed by atoms with Crippen molar-refractivity contribution < 1.29 is 17.9 Å². The number of aromatic nitrogens is 4. The van der Waals surface area contributed by atoms with Gasteiger partial charge in [0.05, 0.1) is 11.8 Å². The summed E-state index contributed by atoms with van der Waals surface area (Å²) in [6.45, 7) is 0.749. The molecule has 0 bridgehead atoms. The Kier molecular flexibility index (Phi) is 9.80. The number of alkyl halides is 3. The highest BCUT2D eigenvalue weighted by Gasteiger charge is 2.38. The summed E-state index contributed by atoms with van der Waals surface area (Å²) in [6.07, 6.45) is 1.12. The highest BCUT2D eigenvalue weighted by molar-refractivity contribution is 5.85. The maximum absolute atomic E-state index is 13.4. The fourth-order valence-electron chi connectivity index (χ4n) is 5.24. The summed E-state index contributed by atoms with van der Waals surface area (Å²) in [5.74, 6) is -0.233. The molecule has 7 nitrogen and oxygen atoms in total. The van der Waals surface area contributed by atoms with E-state index in [-0.39, 0.29) is 54.6 Å². The molecule has 2 heterocycles. The lowest BCUT2D eigenvalue weighted by Crippen LogP contribution is -2.47. The largest absolute Gasteiger partial charge is 0.490 e. The first-order valence-corrected chi connectivity index (χ1v) is 12.1. The molecule has 202 valence electrons. The van der Waals surface area contributed by atoms with E-state index in [9.17, 15) is 13.2 Å². The number of nitrogens with zero attached hydrogens (tertiary/aromatic N) is 4. The number of ether oxygens (including phenoxy) is 1. The van der Waals surface area contributed by atoms with E-state index < -0.39 is 12.0 Å². The minimum Gasteiger partial charge on any atom is -0.490 e. The molecule has 2 aliphatic rings. The number of hydrogen-bond acceptors (Lipinski definition) is 6. The summed E-state index contributed by atoms with van der Waals surface area (Å²) in [7, 11) is 0. The second-order valence-electron chi connectivity index (χ2n) is 9.49. The van der Waals surface area contributed by atoms with Crippen LogP contribution >= 0.6 is 24.8 Å². The van der Waals surface area contributed by atoms with Crippen LogP contribution in [0, 0.1) is 5.92 Å². The molecule has 3 aromatic rings. The predicted octanol–water partition coefficient (Wildman–Crippen LogP) is 5.07. The zero-order chi connectivity index (χ0) is 24.4. The zero-order valence-corrected chi connectivity index (χ0v) is 21.7. The number of tetrazole rings is 1. The third-order valence-electron chi connectivity index (χ3n) is 6.93. The van der Waals surface area contributed by atoms with Crippen molar-refractivity contribution in [2.45, 2.75) is 62.9 Å². The van der Waals surface area contributed by atoms with Crippen molar-refractivity contribution in [1.82, 2.24) is 25.5 Å². The number of halogens is 5. The topological polar surface area (TPSA) is 90.9 Å². The van der Waals surface area contributed by atoms with E-state index in [0.717, 1.165) is 54.5 Å². The first-order chi connectivity index (χ1) is 16.9. The Morgan fingerprint density at radius 2 is 1.78 bits per heavy atom. The molecular weight excluding hydrogens is 528 g/mol. The fraction of sp³-hybridized carbons (Fsp3) is 0.480. The van der Waals surface area contributed by atoms with Crippen LogP contribution in [-0.4, -0.2) is 38.9 Å². The third kappa shape index (κ3) is 6.73. The van der Waals surface area contributed by atoms with E-state index in [1.165, 1.54) is 0 Å². The molecule has 12 heteroatoms. The molecule has 0 spiro atoms. The average Bonchev–Trinajstić information content (AvgIpc) is 3.53. The Bertz CT molecular complexity index is 1140. The van der Waals surface area contributed by atoms with E-state index in [4.69, 9.17) is 10.5 Å². The van der Waals surface area contributed by atoms with Gasteiger partial charge in [-0.2, -0.15) is 17.9 Å². The summed E-state index contributed by atoms with van der Waals surface area (Å²) in [5.41, 5.74) is 8.81. The van der Waals surface area contributed by atoms with Crippen molar-refractivity contribution in [3.63, 3.8) is 0 Å². The highest BCUT2D eigenvalue weighted by Crippen LogP contribution is 2.34. The van der Waals surface area contributed by atoms with Crippen LogP contribution in [0.4, 0.5) is 13.2 Å². The van der Waals surface area contributed by atoms with E-state index in [2.05, 4.69) is 33.0 Å². The minimum absolute atomic E-state index is 0. The van der Waals surface area contributed by atoms with Crippen molar-refractivity contribution in [2.24, 2.45) is 11.7 Å². The van der Waals surface area contributed by atoms with Gasteiger partial charge in [-0.3, -0.25) is 0 Å². The van der Waals surface area contributed by atoms with Crippen LogP contribution in [0.3, 0.4) is 0 Å². The number of piperidine rings is 1. The highest BCUT2D eigenvalue weighted by atomic mass is 35.5. The molecular formula is C25H31Cl2F3N6O. The summed E-state index contributed by atoms with van der Waals surface area (Å²) in [5, 5.41) is 13.6. The Morgan fingerprint density at radius 1 is 1.05 bits per heavy atom. The molecule has 2 aromatic carbocycles. The first-order valence-electron chi connectivity index (χ1n) is 12.1. The van der Waals surface area contributed by atoms with Gasteiger partial charge in [0, 0.05) is 12.1 Å². The van der Waals surface area contributed by atoms with Gasteiger partial charge in [0.25, 0.3) is 5.82 Å². The van der Waals surface area contributed by atoms with E-state index in [1.807, 2.05) is 18.2 Å². The molecule has 1 aliphatic carbocycles. The summed E-state index contributed by atoms with van der Waals surface area (Å²) < 4.78 is 47.2. The quantitative estimate of drug-likeness (QED) is 0.439. The lowest BCUT2D eigenvalue weighted by atomic mass is 9.84. The van der Waals surface area contributed by atoms with Crippen LogP contribution in [0.1, 0.15) is 55.1 Å². The third-order valence-corrected chi connectivity index (χ3v) is 6.93. The number of nitrogens with two attached hydrogens (primary N) is 1. The van der Waals surface area contributed by atoms with Crippen molar-refractivity contribution in [1.29, 1.82) is 0 Å². The normalized spacial score (nSPS) is 22.2. The van der Waals surface area contributed by atoms with Gasteiger partial charge in [0.2, 0.25) is 0 Å². The maximum atomic E-state index is 13.4. The number of rotatable bonds is 6. The molecule has 1 aliphatic heterocycles. The van der Waals surface area contributed by atoms with Gasteiger partial charge in [0.1, 0.15) is 5.75 Å². The van der Waals surface area contributed by atoms with Gasteiger partial charge in [-0.05, 0) is 90.7 Å². The van der Waals surface area contributed by atoms with Crippen molar-refractivity contribution in [2.75, 3.05) is 6.54 Å². The molecule has 1 unspecified atom stereocenters. The Hall–Kier alpha value is -2.40. The SMILES string of the molecule is Cl.Cl.N[C@H]1CC(Cc2cc(-n3nnnc3C(F)(F)F)ccc2OC2CCCC2)CN[C@H]1c1ccccc1. The first kappa shape index (κ1) is 29.2. The van der Waals surface area contributed by atoms with Gasteiger partial charge in [0.15, 0.2) is 0 Å². The molecule has 1 aromatic heterocycles. The monoisotopic (exact) mass is 558 g/mol. The van der Waals surface area contributed by atoms with Crippen molar-refractivity contribution in [3.05, 3.63) is 65.5 Å². The zero-order valence-electron chi connectivity index (χ0n) is 20.1. The van der Waals surface area contributed by atoms with E-state index in [0.29, 0.717) is 12.2 Å². The summed E-state index contributed by atoms with van der Waals surface area (Å²) in [4.78, 5) is 0. The van der Waals surface area contributed by atoms with E-state index >= 15 is 0 Å². The fourth-order valence-corrected chi connectivity index (χ4v) is 5.24. The molecule has 2 fully saturated rings. The molecule has 0 amide bonds. The minimum atomic E-state index is -4.66. The molecule has 3 N–H and O–H groups in total. The van der Waals surface area contributed by atoms with Crippen LogP contribution in [0.25, 0.3) is 5.69 Å². The molecule has 1 saturated carbocycles. The number of benzene rings is 2. The summed E-state index contributed by atoms with van der Waals surface area (Å²) in [6, 6.07) is 15.2. The van der Waals surface area contributed by atoms with Crippen molar-refractivity contribution in [3.8, 4) is 11.4 Å². The second-order valence-corrected chi connectivity index (χ2v) is 9.49.